The Kier molecular flexibility index (Phi) is 5.85. The highest BCUT2D eigenvalue weighted by Crippen LogP contribution is 2.36. The molecule has 0 bridgehead atoms. The van der Waals surface area contributed by atoms with Gasteiger partial charge in [-0.25, -0.2) is 4.79 Å². The van der Waals surface area contributed by atoms with Crippen LogP contribution in [0.3, 0.4) is 0 Å². The van der Waals surface area contributed by atoms with Crippen molar-refractivity contribution in [3.05, 3.63) is 40.3 Å². The van der Waals surface area contributed by atoms with Gasteiger partial charge >= 0.3 is 6.09 Å². The number of nitrogens with one attached hydrogen (secondary N) is 1. The number of nitrogen functional groups attached to an aromatic ring is 1. The van der Waals surface area contributed by atoms with E-state index in [9.17, 15) is 9.59 Å². The van der Waals surface area contributed by atoms with Crippen molar-refractivity contribution in [1.29, 1.82) is 0 Å². The summed E-state index contributed by atoms with van der Waals surface area (Å²) in [6, 6.07) is 7.29. The highest BCUT2D eigenvalue weighted by atomic mass is 32.1. The molecule has 0 saturated carbocycles. The number of benzene rings is 1. The number of carbonyl (C=O) groups excluding carboxylic acids is 2. The second-order valence-electron chi connectivity index (χ2n) is 6.00. The van der Waals surface area contributed by atoms with Crippen LogP contribution >= 0.6 is 11.3 Å². The van der Waals surface area contributed by atoms with E-state index < -0.39 is 0 Å². The zero-order valence-corrected chi connectivity index (χ0v) is 16.2. The first-order valence-electron chi connectivity index (χ1n) is 8.90. The summed E-state index contributed by atoms with van der Waals surface area (Å²) < 4.78 is 10.6. The van der Waals surface area contributed by atoms with Crippen LogP contribution in [0.25, 0.3) is 0 Å². The van der Waals surface area contributed by atoms with Gasteiger partial charge in [0.1, 0.15) is 5.75 Å². The smallest absolute Gasteiger partial charge is 0.410 e. The summed E-state index contributed by atoms with van der Waals surface area (Å²) in [7, 11) is 0. The van der Waals surface area contributed by atoms with Crippen LogP contribution in [0.1, 0.15) is 34.6 Å². The van der Waals surface area contributed by atoms with Gasteiger partial charge in [0.25, 0.3) is 5.91 Å². The molecule has 7 nitrogen and oxygen atoms in total. The summed E-state index contributed by atoms with van der Waals surface area (Å²) in [5.41, 5.74) is 8.15. The second kappa shape index (κ2) is 8.30. The SMILES string of the molecule is CCOC(=O)N1CCc2c(sc(N)c2C(=O)Nc2ccccc2OCC)C1. The van der Waals surface area contributed by atoms with Gasteiger partial charge in [0.15, 0.2) is 0 Å². The Morgan fingerprint density at radius 2 is 2.04 bits per heavy atom. The third kappa shape index (κ3) is 4.00. The van der Waals surface area contributed by atoms with Crippen LogP contribution in [0, 0.1) is 0 Å². The number of anilines is 2. The molecule has 1 aliphatic heterocycles. The summed E-state index contributed by atoms with van der Waals surface area (Å²) in [5, 5.41) is 3.36. The predicted molar refractivity (Wildman–Crippen MR) is 105 cm³/mol. The molecule has 2 aromatic rings. The molecule has 8 heteroatoms. The number of ether oxygens (including phenoxy) is 2. The van der Waals surface area contributed by atoms with E-state index in [1.807, 2.05) is 25.1 Å². The van der Waals surface area contributed by atoms with E-state index in [4.69, 9.17) is 15.2 Å². The molecular formula is C19H23N3O4S. The monoisotopic (exact) mass is 389 g/mol. The number of nitrogens with two attached hydrogens (primary N) is 1. The largest absolute Gasteiger partial charge is 0.492 e. The molecule has 0 saturated heterocycles. The van der Waals surface area contributed by atoms with Crippen molar-refractivity contribution in [3.8, 4) is 5.75 Å². The third-order valence-electron chi connectivity index (χ3n) is 4.27. The Hall–Kier alpha value is -2.74. The van der Waals surface area contributed by atoms with Crippen molar-refractivity contribution < 1.29 is 19.1 Å². The van der Waals surface area contributed by atoms with Gasteiger partial charge in [-0.3, -0.25) is 4.79 Å². The fraction of sp³-hybridized carbons (Fsp3) is 0.368. The van der Waals surface area contributed by atoms with Crippen LogP contribution in [0.15, 0.2) is 24.3 Å². The molecule has 27 heavy (non-hydrogen) atoms. The molecule has 1 aromatic heterocycles. The highest BCUT2D eigenvalue weighted by molar-refractivity contribution is 7.16. The van der Waals surface area contributed by atoms with Gasteiger partial charge in [-0.05, 0) is 38.0 Å². The number of thiophene rings is 1. The van der Waals surface area contributed by atoms with Crippen molar-refractivity contribution in [2.75, 3.05) is 30.8 Å². The van der Waals surface area contributed by atoms with E-state index in [0.29, 0.717) is 54.7 Å². The number of hydrogen-bond donors (Lipinski definition) is 2. The van der Waals surface area contributed by atoms with Crippen LogP contribution in [0.4, 0.5) is 15.5 Å². The van der Waals surface area contributed by atoms with E-state index >= 15 is 0 Å². The Morgan fingerprint density at radius 1 is 1.26 bits per heavy atom. The second-order valence-corrected chi connectivity index (χ2v) is 7.13. The van der Waals surface area contributed by atoms with E-state index in [1.165, 1.54) is 11.3 Å². The number of carbonyl (C=O) groups is 2. The standard InChI is InChI=1S/C19H23N3O4S/c1-3-25-14-8-6-5-7-13(14)21-18(23)16-12-9-10-22(19(24)26-4-2)11-15(12)27-17(16)20/h5-8H,3-4,9-11,20H2,1-2H3,(H,21,23). The molecule has 3 N–H and O–H groups in total. The molecule has 0 unspecified atom stereocenters. The fourth-order valence-corrected chi connectivity index (χ4v) is 4.21. The highest BCUT2D eigenvalue weighted by Gasteiger charge is 2.29. The van der Waals surface area contributed by atoms with Crippen LogP contribution in [-0.2, 0) is 17.7 Å². The van der Waals surface area contributed by atoms with Gasteiger partial charge in [0.05, 0.1) is 36.0 Å². The number of hydrogen-bond acceptors (Lipinski definition) is 6. The Labute approximate surface area is 162 Å². The van der Waals surface area contributed by atoms with Crippen LogP contribution in [0.5, 0.6) is 5.75 Å². The zero-order valence-electron chi connectivity index (χ0n) is 15.4. The number of fused-ring (bicyclic) bond motifs is 1. The molecule has 0 atom stereocenters. The summed E-state index contributed by atoms with van der Waals surface area (Å²) >= 11 is 1.35. The molecule has 0 aliphatic carbocycles. The number of nitrogens with zero attached hydrogens (tertiary/aromatic N) is 1. The molecule has 0 radical (unpaired) electrons. The molecule has 1 aliphatic rings. The quantitative estimate of drug-likeness (QED) is 0.816. The Bertz CT molecular complexity index is 849. The van der Waals surface area contributed by atoms with Crippen molar-refractivity contribution >= 4 is 34.0 Å². The molecule has 2 amide bonds. The number of para-hydroxylation sites is 2. The Balaban J connectivity index is 1.81. The van der Waals surface area contributed by atoms with E-state index in [0.717, 1.165) is 10.4 Å². The summed E-state index contributed by atoms with van der Waals surface area (Å²) in [5.74, 6) is 0.353. The van der Waals surface area contributed by atoms with Crippen molar-refractivity contribution in [2.24, 2.45) is 0 Å². The average molecular weight is 389 g/mol. The minimum absolute atomic E-state index is 0.262. The van der Waals surface area contributed by atoms with Gasteiger partial charge < -0.3 is 25.4 Å². The number of amides is 2. The van der Waals surface area contributed by atoms with Gasteiger partial charge in [0.2, 0.25) is 0 Å². The molecule has 2 heterocycles. The third-order valence-corrected chi connectivity index (χ3v) is 5.32. The lowest BCUT2D eigenvalue weighted by Gasteiger charge is -2.26. The Morgan fingerprint density at radius 3 is 2.78 bits per heavy atom. The number of rotatable bonds is 5. The maximum atomic E-state index is 12.9. The van der Waals surface area contributed by atoms with E-state index in [-0.39, 0.29) is 12.0 Å². The van der Waals surface area contributed by atoms with Crippen molar-refractivity contribution in [2.45, 2.75) is 26.8 Å². The molecule has 1 aromatic carbocycles. The van der Waals surface area contributed by atoms with E-state index in [1.54, 1.807) is 17.9 Å². The van der Waals surface area contributed by atoms with Crippen molar-refractivity contribution in [3.63, 3.8) is 0 Å². The van der Waals surface area contributed by atoms with Gasteiger partial charge in [-0.2, -0.15) is 0 Å². The van der Waals surface area contributed by atoms with Gasteiger partial charge in [0, 0.05) is 11.4 Å². The minimum atomic E-state index is -0.341. The maximum Gasteiger partial charge on any atom is 0.410 e. The van der Waals surface area contributed by atoms with Crippen LogP contribution < -0.4 is 15.8 Å². The molecule has 144 valence electrons. The zero-order chi connectivity index (χ0) is 19.4. The molecular weight excluding hydrogens is 366 g/mol. The van der Waals surface area contributed by atoms with Crippen LogP contribution in [0.2, 0.25) is 0 Å². The first-order chi connectivity index (χ1) is 13.0. The lowest BCUT2D eigenvalue weighted by atomic mass is 10.0. The topological polar surface area (TPSA) is 93.9 Å². The molecule has 0 fully saturated rings. The lowest BCUT2D eigenvalue weighted by Crippen LogP contribution is -2.36. The lowest BCUT2D eigenvalue weighted by molar-refractivity contribution is 0.102. The first kappa shape index (κ1) is 19.0. The van der Waals surface area contributed by atoms with Crippen molar-refractivity contribution in [1.82, 2.24) is 4.90 Å². The average Bonchev–Trinajstić information content (AvgIpc) is 2.98. The fourth-order valence-electron chi connectivity index (χ4n) is 3.08. The summed E-state index contributed by atoms with van der Waals surface area (Å²) in [6.45, 7) is 5.41. The maximum absolute atomic E-state index is 12.9. The first-order valence-corrected chi connectivity index (χ1v) is 9.71. The molecule has 0 spiro atoms. The van der Waals surface area contributed by atoms with E-state index in [2.05, 4.69) is 5.32 Å². The van der Waals surface area contributed by atoms with Crippen LogP contribution in [-0.4, -0.2) is 36.7 Å². The molecule has 3 rings (SSSR count). The predicted octanol–water partition coefficient (Wildman–Crippen LogP) is 3.50. The minimum Gasteiger partial charge on any atom is -0.492 e. The normalized spacial score (nSPS) is 13.0. The van der Waals surface area contributed by atoms with Gasteiger partial charge in [-0.1, -0.05) is 12.1 Å². The van der Waals surface area contributed by atoms with Gasteiger partial charge in [-0.15, -0.1) is 11.3 Å². The summed E-state index contributed by atoms with van der Waals surface area (Å²) in [6.07, 6.45) is 0.226. The summed E-state index contributed by atoms with van der Waals surface area (Å²) in [4.78, 5) is 27.4.